The lowest BCUT2D eigenvalue weighted by Gasteiger charge is -2.23. The van der Waals surface area contributed by atoms with E-state index in [4.69, 9.17) is 15.4 Å². The number of aromatic nitrogens is 1. The van der Waals surface area contributed by atoms with E-state index in [0.29, 0.717) is 24.1 Å². The molecule has 3 rings (SSSR count). The van der Waals surface area contributed by atoms with Gasteiger partial charge in [0.1, 0.15) is 5.76 Å². The van der Waals surface area contributed by atoms with Crippen LogP contribution in [0, 0.1) is 0 Å². The fourth-order valence-electron chi connectivity index (χ4n) is 3.04. The molecule has 1 unspecified atom stereocenters. The molecule has 1 atom stereocenters. The van der Waals surface area contributed by atoms with Crippen molar-refractivity contribution in [1.82, 2.24) is 15.8 Å². The molecule has 2 saturated carbocycles. The van der Waals surface area contributed by atoms with E-state index in [1.807, 2.05) is 6.92 Å². The van der Waals surface area contributed by atoms with Crippen molar-refractivity contribution in [1.29, 1.82) is 0 Å². The number of rotatable bonds is 7. The van der Waals surface area contributed by atoms with Gasteiger partial charge in [0.25, 0.3) is 5.91 Å². The number of hydrogen-bond acceptors (Lipinski definition) is 6. The molecule has 5 N–H and O–H groups in total. The molecule has 0 radical (unpaired) electrons. The fourth-order valence-corrected chi connectivity index (χ4v) is 3.04. The number of carbonyl (C=O) groups excluding carboxylic acids is 2. The number of nitrogens with zero attached hydrogens (tertiary/aromatic N) is 1. The quantitative estimate of drug-likeness (QED) is 0.566. The predicted molar refractivity (Wildman–Crippen MR) is 101 cm³/mol. The van der Waals surface area contributed by atoms with Gasteiger partial charge >= 0.3 is 0 Å². The molecule has 0 aromatic carbocycles. The van der Waals surface area contributed by atoms with Gasteiger partial charge in [-0.15, -0.1) is 0 Å². The third kappa shape index (κ3) is 8.09. The molecule has 27 heavy (non-hydrogen) atoms. The average molecular weight is 380 g/mol. The van der Waals surface area contributed by atoms with Crippen molar-refractivity contribution in [2.75, 3.05) is 13.2 Å². The van der Waals surface area contributed by atoms with Gasteiger partial charge in [-0.25, -0.2) is 0 Å². The second kappa shape index (κ2) is 11.0. The molecule has 8 heteroatoms. The first kappa shape index (κ1) is 21.4. The average Bonchev–Trinajstić information content (AvgIpc) is 3.37. The molecule has 0 aliphatic heterocycles. The third-order valence-corrected chi connectivity index (χ3v) is 4.62. The lowest BCUT2D eigenvalue weighted by molar-refractivity contribution is -0.122. The standard InChI is InChI=1S/C10H20N2O.C9H12N2O3/c1-8(11)7-10(13)12-9-5-3-2-4-6-9;12-4-3-10-9(13)7-5-8(14-11-7)6-1-2-6/h8-9H,2-7,11H2,1H3,(H,12,13);5-6,12H,1-4H2,(H,10,13). The van der Waals surface area contributed by atoms with Crippen LogP contribution in [0.25, 0.3) is 0 Å². The summed E-state index contributed by atoms with van der Waals surface area (Å²) in [5.74, 6) is 1.07. The Morgan fingerprint density at radius 3 is 2.59 bits per heavy atom. The smallest absolute Gasteiger partial charge is 0.273 e. The Bertz CT molecular complexity index is 592. The molecule has 2 aliphatic carbocycles. The maximum atomic E-state index is 11.3. The highest BCUT2D eigenvalue weighted by molar-refractivity contribution is 5.92. The van der Waals surface area contributed by atoms with Gasteiger partial charge in [0.15, 0.2) is 5.69 Å². The van der Waals surface area contributed by atoms with Crippen LogP contribution >= 0.6 is 0 Å². The van der Waals surface area contributed by atoms with Crippen molar-refractivity contribution in [2.45, 2.75) is 76.3 Å². The van der Waals surface area contributed by atoms with E-state index in [9.17, 15) is 9.59 Å². The highest BCUT2D eigenvalue weighted by Gasteiger charge is 2.28. The van der Waals surface area contributed by atoms with Gasteiger partial charge in [0, 0.05) is 37.0 Å². The lowest BCUT2D eigenvalue weighted by Crippen LogP contribution is -2.38. The van der Waals surface area contributed by atoms with Crippen molar-refractivity contribution < 1.29 is 19.2 Å². The SMILES string of the molecule is CC(N)CC(=O)NC1CCCCC1.O=C(NCCO)c1cc(C2CC2)on1. The monoisotopic (exact) mass is 380 g/mol. The van der Waals surface area contributed by atoms with Gasteiger partial charge in [0.2, 0.25) is 5.91 Å². The number of hydrogen-bond donors (Lipinski definition) is 4. The minimum absolute atomic E-state index is 0.0245. The maximum absolute atomic E-state index is 11.3. The number of nitrogens with one attached hydrogen (secondary N) is 2. The molecule has 2 aliphatic rings. The zero-order valence-corrected chi connectivity index (χ0v) is 16.1. The summed E-state index contributed by atoms with van der Waals surface area (Å²) >= 11 is 0. The van der Waals surface area contributed by atoms with Gasteiger partial charge in [-0.3, -0.25) is 9.59 Å². The number of amides is 2. The van der Waals surface area contributed by atoms with Crippen molar-refractivity contribution in [3.8, 4) is 0 Å². The van der Waals surface area contributed by atoms with Crippen LogP contribution < -0.4 is 16.4 Å². The van der Waals surface area contributed by atoms with Gasteiger partial charge in [-0.1, -0.05) is 24.4 Å². The molecule has 2 amide bonds. The van der Waals surface area contributed by atoms with E-state index in [-0.39, 0.29) is 31.0 Å². The summed E-state index contributed by atoms with van der Waals surface area (Å²) in [6, 6.07) is 2.06. The highest BCUT2D eigenvalue weighted by Crippen LogP contribution is 2.40. The van der Waals surface area contributed by atoms with E-state index in [1.165, 1.54) is 19.3 Å². The minimum Gasteiger partial charge on any atom is -0.395 e. The first-order valence-electron chi connectivity index (χ1n) is 9.90. The van der Waals surface area contributed by atoms with Crippen LogP contribution in [0.5, 0.6) is 0 Å². The Labute approximate surface area is 160 Å². The molecule has 1 heterocycles. The van der Waals surface area contributed by atoms with Crippen molar-refractivity contribution >= 4 is 11.8 Å². The molecule has 1 aromatic heterocycles. The number of aliphatic hydroxyl groups is 1. The van der Waals surface area contributed by atoms with Gasteiger partial charge in [-0.05, 0) is 32.6 Å². The van der Waals surface area contributed by atoms with Crippen molar-refractivity contribution in [3.63, 3.8) is 0 Å². The zero-order valence-electron chi connectivity index (χ0n) is 16.1. The van der Waals surface area contributed by atoms with E-state index in [1.54, 1.807) is 6.07 Å². The summed E-state index contributed by atoms with van der Waals surface area (Å²) in [5, 5.41) is 17.7. The van der Waals surface area contributed by atoms with E-state index in [2.05, 4.69) is 15.8 Å². The van der Waals surface area contributed by atoms with Crippen molar-refractivity contribution in [3.05, 3.63) is 17.5 Å². The normalized spacial score (nSPS) is 18.2. The Morgan fingerprint density at radius 2 is 2.00 bits per heavy atom. The lowest BCUT2D eigenvalue weighted by atomic mass is 9.95. The molecule has 1 aromatic rings. The summed E-state index contributed by atoms with van der Waals surface area (Å²) in [6.07, 6.45) is 8.80. The topological polar surface area (TPSA) is 130 Å². The Kier molecular flexibility index (Phi) is 8.74. The summed E-state index contributed by atoms with van der Waals surface area (Å²) in [5.41, 5.74) is 5.83. The van der Waals surface area contributed by atoms with Crippen LogP contribution in [0.1, 0.15) is 80.5 Å². The summed E-state index contributed by atoms with van der Waals surface area (Å²) in [4.78, 5) is 22.6. The van der Waals surface area contributed by atoms with Crippen LogP contribution in [-0.2, 0) is 4.79 Å². The molecule has 0 saturated heterocycles. The number of aliphatic hydroxyl groups excluding tert-OH is 1. The predicted octanol–water partition coefficient (Wildman–Crippen LogP) is 1.45. The molecule has 2 fully saturated rings. The molecule has 0 bridgehead atoms. The van der Waals surface area contributed by atoms with E-state index >= 15 is 0 Å². The second-order valence-corrected chi connectivity index (χ2v) is 7.45. The second-order valence-electron chi connectivity index (χ2n) is 7.45. The van der Waals surface area contributed by atoms with E-state index in [0.717, 1.165) is 31.4 Å². The minimum atomic E-state index is -0.297. The molecule has 8 nitrogen and oxygen atoms in total. The van der Waals surface area contributed by atoms with Crippen LogP contribution in [0.3, 0.4) is 0 Å². The molecule has 0 spiro atoms. The largest absolute Gasteiger partial charge is 0.395 e. The Balaban J connectivity index is 0.000000194. The molecular formula is C19H32N4O4. The Morgan fingerprint density at radius 1 is 1.30 bits per heavy atom. The Hall–Kier alpha value is -1.93. The van der Waals surface area contributed by atoms with Gasteiger partial charge in [-0.2, -0.15) is 0 Å². The highest BCUT2D eigenvalue weighted by atomic mass is 16.5. The van der Waals surface area contributed by atoms with Crippen LogP contribution in [0.2, 0.25) is 0 Å². The maximum Gasteiger partial charge on any atom is 0.273 e. The number of nitrogens with two attached hydrogens (primary N) is 1. The third-order valence-electron chi connectivity index (χ3n) is 4.62. The zero-order chi connectivity index (χ0) is 19.6. The van der Waals surface area contributed by atoms with Crippen LogP contribution in [0.15, 0.2) is 10.6 Å². The summed E-state index contributed by atoms with van der Waals surface area (Å²) in [7, 11) is 0. The first-order chi connectivity index (χ1) is 13.0. The van der Waals surface area contributed by atoms with Crippen molar-refractivity contribution in [2.24, 2.45) is 5.73 Å². The summed E-state index contributed by atoms with van der Waals surface area (Å²) < 4.78 is 5.02. The fraction of sp³-hybridized carbons (Fsp3) is 0.737. The molecular weight excluding hydrogens is 348 g/mol. The van der Waals surface area contributed by atoms with Gasteiger partial charge < -0.3 is 26.0 Å². The van der Waals surface area contributed by atoms with Gasteiger partial charge in [0.05, 0.1) is 6.61 Å². The van der Waals surface area contributed by atoms with E-state index < -0.39 is 0 Å². The van der Waals surface area contributed by atoms with Crippen LogP contribution in [0.4, 0.5) is 0 Å². The van der Waals surface area contributed by atoms with Crippen LogP contribution in [-0.4, -0.2) is 47.3 Å². The first-order valence-corrected chi connectivity index (χ1v) is 9.90. The molecule has 152 valence electrons. The summed E-state index contributed by atoms with van der Waals surface area (Å²) in [6.45, 7) is 2.03. The number of carbonyl (C=O) groups is 2.